The lowest BCUT2D eigenvalue weighted by Gasteiger charge is -2.43. The van der Waals surface area contributed by atoms with Crippen LogP contribution in [0.4, 0.5) is 0 Å². The summed E-state index contributed by atoms with van der Waals surface area (Å²) in [5.41, 5.74) is 0.152. The van der Waals surface area contributed by atoms with Crippen LogP contribution in [0.15, 0.2) is 0 Å². The summed E-state index contributed by atoms with van der Waals surface area (Å²) in [6, 6.07) is 1.41. The summed E-state index contributed by atoms with van der Waals surface area (Å²) in [6.45, 7) is 10.4. The third kappa shape index (κ3) is 3.52. The Hall–Kier alpha value is -0.0800. The minimum Gasteiger partial charge on any atom is -0.375 e. The number of nitrogens with one attached hydrogen (secondary N) is 1. The lowest BCUT2D eigenvalue weighted by atomic mass is 9.77. The molecule has 4 unspecified atom stereocenters. The van der Waals surface area contributed by atoms with Crippen LogP contribution in [0.2, 0.25) is 0 Å². The Labute approximate surface area is 119 Å². The van der Waals surface area contributed by atoms with Crippen molar-refractivity contribution < 1.29 is 4.74 Å². The number of rotatable bonds is 4. The van der Waals surface area contributed by atoms with E-state index in [0.717, 1.165) is 37.3 Å². The molecule has 4 atom stereocenters. The fourth-order valence-corrected chi connectivity index (χ4v) is 4.03. The summed E-state index contributed by atoms with van der Waals surface area (Å²) >= 11 is 0. The van der Waals surface area contributed by atoms with E-state index >= 15 is 0 Å². The lowest BCUT2D eigenvalue weighted by molar-refractivity contribution is -0.0953. The largest absolute Gasteiger partial charge is 0.375 e. The van der Waals surface area contributed by atoms with Gasteiger partial charge >= 0.3 is 0 Å². The summed E-state index contributed by atoms with van der Waals surface area (Å²) in [5.74, 6) is 1.71. The van der Waals surface area contributed by atoms with Crippen molar-refractivity contribution in [3.63, 3.8) is 0 Å². The number of hydrogen-bond acceptors (Lipinski definition) is 2. The Morgan fingerprint density at radius 3 is 2.53 bits per heavy atom. The van der Waals surface area contributed by atoms with Crippen LogP contribution in [0, 0.1) is 11.8 Å². The predicted molar refractivity (Wildman–Crippen MR) is 81.4 cm³/mol. The minimum atomic E-state index is 0.152. The molecule has 1 aliphatic carbocycles. The van der Waals surface area contributed by atoms with Crippen LogP contribution < -0.4 is 5.32 Å². The van der Waals surface area contributed by atoms with E-state index in [2.05, 4.69) is 33.0 Å². The Balaban J connectivity index is 1.91. The molecule has 2 heteroatoms. The van der Waals surface area contributed by atoms with Gasteiger partial charge in [-0.2, -0.15) is 0 Å². The molecule has 1 aliphatic heterocycles. The predicted octanol–water partition coefficient (Wildman–Crippen LogP) is 4.14. The van der Waals surface area contributed by atoms with Gasteiger partial charge in [-0.05, 0) is 43.9 Å². The molecule has 0 radical (unpaired) electrons. The van der Waals surface area contributed by atoms with E-state index in [1.807, 2.05) is 0 Å². The highest BCUT2D eigenvalue weighted by molar-refractivity contribution is 4.91. The first-order valence-electron chi connectivity index (χ1n) is 8.50. The van der Waals surface area contributed by atoms with E-state index in [1.165, 1.54) is 32.1 Å². The topological polar surface area (TPSA) is 21.3 Å². The number of ether oxygens (including phenoxy) is 1. The monoisotopic (exact) mass is 267 g/mol. The van der Waals surface area contributed by atoms with Gasteiger partial charge in [0.15, 0.2) is 0 Å². The molecule has 2 fully saturated rings. The molecule has 0 aromatic rings. The second-order valence-electron chi connectivity index (χ2n) is 6.97. The van der Waals surface area contributed by atoms with Crippen molar-refractivity contribution in [1.29, 1.82) is 0 Å². The van der Waals surface area contributed by atoms with Crippen LogP contribution in [0.1, 0.15) is 72.6 Å². The molecule has 2 nitrogen and oxygen atoms in total. The SMILES string of the molecule is CCC1(CC)CC(NC2CCCC(C)C2C)CCO1. The van der Waals surface area contributed by atoms with Gasteiger partial charge < -0.3 is 10.1 Å². The van der Waals surface area contributed by atoms with Crippen molar-refractivity contribution in [3.8, 4) is 0 Å². The zero-order chi connectivity index (χ0) is 13.9. The summed E-state index contributed by atoms with van der Waals surface area (Å²) in [7, 11) is 0. The molecule has 1 saturated carbocycles. The van der Waals surface area contributed by atoms with Gasteiger partial charge in [-0.1, -0.05) is 40.5 Å². The summed E-state index contributed by atoms with van der Waals surface area (Å²) in [5, 5.41) is 3.98. The maximum atomic E-state index is 6.09. The highest BCUT2D eigenvalue weighted by Gasteiger charge is 2.36. The summed E-state index contributed by atoms with van der Waals surface area (Å²) < 4.78 is 6.09. The first kappa shape index (κ1) is 15.3. The molecule has 19 heavy (non-hydrogen) atoms. The number of hydrogen-bond donors (Lipinski definition) is 1. The summed E-state index contributed by atoms with van der Waals surface area (Å²) in [4.78, 5) is 0. The van der Waals surface area contributed by atoms with Gasteiger partial charge in [-0.15, -0.1) is 0 Å². The molecule has 2 rings (SSSR count). The third-order valence-corrected chi connectivity index (χ3v) is 5.94. The molecular formula is C17H33NO. The highest BCUT2D eigenvalue weighted by Crippen LogP contribution is 2.34. The van der Waals surface area contributed by atoms with Crippen molar-refractivity contribution in [1.82, 2.24) is 5.32 Å². The van der Waals surface area contributed by atoms with E-state index < -0.39 is 0 Å². The first-order chi connectivity index (χ1) is 9.10. The van der Waals surface area contributed by atoms with Crippen LogP contribution in [0.25, 0.3) is 0 Å². The van der Waals surface area contributed by atoms with Crippen LogP contribution in [0.3, 0.4) is 0 Å². The Bertz CT molecular complexity index is 274. The van der Waals surface area contributed by atoms with Gasteiger partial charge in [0.05, 0.1) is 5.60 Å². The minimum absolute atomic E-state index is 0.152. The van der Waals surface area contributed by atoms with Crippen molar-refractivity contribution in [2.24, 2.45) is 11.8 Å². The van der Waals surface area contributed by atoms with Crippen LogP contribution in [0.5, 0.6) is 0 Å². The van der Waals surface area contributed by atoms with Crippen LogP contribution >= 0.6 is 0 Å². The fraction of sp³-hybridized carbons (Fsp3) is 1.00. The molecule has 112 valence electrons. The Morgan fingerprint density at radius 1 is 1.11 bits per heavy atom. The van der Waals surface area contributed by atoms with Gasteiger partial charge in [-0.3, -0.25) is 0 Å². The van der Waals surface area contributed by atoms with E-state index in [9.17, 15) is 0 Å². The highest BCUT2D eigenvalue weighted by atomic mass is 16.5. The maximum Gasteiger partial charge on any atom is 0.0692 e. The average Bonchev–Trinajstić information content (AvgIpc) is 2.44. The third-order valence-electron chi connectivity index (χ3n) is 5.94. The van der Waals surface area contributed by atoms with Crippen molar-refractivity contribution in [2.45, 2.75) is 90.3 Å². The van der Waals surface area contributed by atoms with E-state index in [0.29, 0.717) is 6.04 Å². The maximum absolute atomic E-state index is 6.09. The molecule has 1 heterocycles. The van der Waals surface area contributed by atoms with Gasteiger partial charge in [0, 0.05) is 18.7 Å². The zero-order valence-electron chi connectivity index (χ0n) is 13.4. The van der Waals surface area contributed by atoms with Gasteiger partial charge in [0.1, 0.15) is 0 Å². The van der Waals surface area contributed by atoms with Crippen LogP contribution in [-0.4, -0.2) is 24.3 Å². The molecule has 0 bridgehead atoms. The standard InChI is InChI=1S/C17H33NO/c1-5-17(6-2)12-15(10-11-19-17)18-16-9-7-8-13(3)14(16)4/h13-16,18H,5-12H2,1-4H3. The van der Waals surface area contributed by atoms with Gasteiger partial charge in [0.25, 0.3) is 0 Å². The molecule has 0 spiro atoms. The van der Waals surface area contributed by atoms with E-state index in [-0.39, 0.29) is 5.60 Å². The van der Waals surface area contributed by atoms with Gasteiger partial charge in [0.2, 0.25) is 0 Å². The second kappa shape index (κ2) is 6.58. The second-order valence-corrected chi connectivity index (χ2v) is 6.97. The van der Waals surface area contributed by atoms with Crippen molar-refractivity contribution in [2.75, 3.05) is 6.61 Å². The molecule has 1 N–H and O–H groups in total. The first-order valence-corrected chi connectivity index (χ1v) is 8.50. The molecule has 1 saturated heterocycles. The van der Waals surface area contributed by atoms with Crippen molar-refractivity contribution >= 4 is 0 Å². The fourth-order valence-electron chi connectivity index (χ4n) is 4.03. The van der Waals surface area contributed by atoms with Crippen LogP contribution in [-0.2, 0) is 4.74 Å². The molecular weight excluding hydrogens is 234 g/mol. The Kier molecular flexibility index (Phi) is 5.30. The molecule has 0 aromatic heterocycles. The summed E-state index contributed by atoms with van der Waals surface area (Å²) in [6.07, 6.45) is 8.89. The van der Waals surface area contributed by atoms with Gasteiger partial charge in [-0.25, -0.2) is 0 Å². The average molecular weight is 267 g/mol. The van der Waals surface area contributed by atoms with Crippen molar-refractivity contribution in [3.05, 3.63) is 0 Å². The normalized spacial score (nSPS) is 39.2. The van der Waals surface area contributed by atoms with E-state index in [4.69, 9.17) is 4.74 Å². The lowest BCUT2D eigenvalue weighted by Crippen LogP contribution is -2.52. The zero-order valence-corrected chi connectivity index (χ0v) is 13.4. The Morgan fingerprint density at radius 2 is 1.84 bits per heavy atom. The molecule has 0 aromatic carbocycles. The van der Waals surface area contributed by atoms with E-state index in [1.54, 1.807) is 0 Å². The molecule has 0 amide bonds. The smallest absolute Gasteiger partial charge is 0.0692 e. The quantitative estimate of drug-likeness (QED) is 0.826. The molecule has 2 aliphatic rings.